The molecule has 0 aliphatic rings. The molecule has 0 unspecified atom stereocenters. The first-order valence-corrected chi connectivity index (χ1v) is 3.02. The Morgan fingerprint density at radius 3 is 2.45 bits per heavy atom. The highest BCUT2D eigenvalue weighted by Crippen LogP contribution is 1.98. The Labute approximate surface area is 64.8 Å². The predicted octanol–water partition coefficient (Wildman–Crippen LogP) is 0.954. The van der Waals surface area contributed by atoms with Crippen molar-refractivity contribution in [2.75, 3.05) is 0 Å². The predicted molar refractivity (Wildman–Crippen MR) is 38.4 cm³/mol. The minimum absolute atomic E-state index is 0.231. The lowest BCUT2D eigenvalue weighted by molar-refractivity contribution is -0.131. The number of hydrogen-bond donors (Lipinski definition) is 1. The number of rotatable bonds is 2. The first kappa shape index (κ1) is 6.09. The highest BCUT2D eigenvalue weighted by molar-refractivity contribution is 6.39. The highest BCUT2D eigenvalue weighted by Gasteiger charge is 2.12. The summed E-state index contributed by atoms with van der Waals surface area (Å²) in [5.41, 5.74) is 0.231. The molecule has 0 atom stereocenters. The fraction of sp³-hybridized carbons (Fsp3) is 0. The van der Waals surface area contributed by atoms with E-state index in [1.54, 1.807) is 18.2 Å². The molecular weight excluding hydrogens is 144 g/mol. The molecule has 0 saturated heterocycles. The quantitative estimate of drug-likeness (QED) is 0.505. The van der Waals surface area contributed by atoms with Gasteiger partial charge in [0.15, 0.2) is 0 Å². The molecule has 0 saturated carbocycles. The summed E-state index contributed by atoms with van der Waals surface area (Å²) >= 11 is 0. The Balaban J connectivity index is 2.86. The molecule has 0 bridgehead atoms. The van der Waals surface area contributed by atoms with E-state index in [0.29, 0.717) is 0 Å². The number of benzene rings is 1. The average molecular weight is 151 g/mol. The first-order valence-electron chi connectivity index (χ1n) is 3.43. The smallest absolute Gasteiger partial charge is 0.377 e. The monoisotopic (exact) mass is 151 g/mol. The third-order valence-electron chi connectivity index (χ3n) is 1.22. The van der Waals surface area contributed by atoms with Gasteiger partial charge in [0.1, 0.15) is 0 Å². The second-order valence-electron chi connectivity index (χ2n) is 1.98. The summed E-state index contributed by atoms with van der Waals surface area (Å²) in [5.74, 6) is -1.97. The van der Waals surface area contributed by atoms with Crippen LogP contribution in [0, 0.1) is 0 Å². The molecule has 3 nitrogen and oxygen atoms in total. The molecule has 0 fully saturated rings. The topological polar surface area (TPSA) is 54.4 Å². The largest absolute Gasteiger partial charge is 0.475 e. The number of aliphatic carboxylic acids is 1. The Morgan fingerprint density at radius 1 is 1.27 bits per heavy atom. The van der Waals surface area contributed by atoms with Gasteiger partial charge in [-0.3, -0.25) is 4.79 Å². The number of carbonyl (C=O) groups is 2. The van der Waals surface area contributed by atoms with Gasteiger partial charge in [-0.05, 0) is 0 Å². The lowest BCUT2D eigenvalue weighted by Crippen LogP contribution is -2.12. The van der Waals surface area contributed by atoms with Crippen LogP contribution >= 0.6 is 0 Å². The molecule has 1 rings (SSSR count). The van der Waals surface area contributed by atoms with Crippen LogP contribution in [0.3, 0.4) is 0 Å². The standard InChI is InChI=1S/C8H6O3/c9-7(8(10)11)6-4-2-1-3-5-6/h1-5H,(H,10,11)/i/hD. The van der Waals surface area contributed by atoms with Crippen molar-refractivity contribution >= 4 is 11.8 Å². The zero-order valence-electron chi connectivity index (χ0n) is 6.61. The first-order chi connectivity index (χ1) is 5.75. The number of ketones is 1. The van der Waals surface area contributed by atoms with E-state index in [-0.39, 0.29) is 5.56 Å². The van der Waals surface area contributed by atoms with Gasteiger partial charge in [0.2, 0.25) is 0 Å². The normalized spacial score (nSPS) is 10.0. The van der Waals surface area contributed by atoms with Crippen molar-refractivity contribution in [3.05, 3.63) is 35.9 Å². The van der Waals surface area contributed by atoms with Crippen LogP contribution in [0.1, 0.15) is 10.4 Å². The van der Waals surface area contributed by atoms with E-state index in [1.807, 2.05) is 0 Å². The molecule has 0 spiro atoms. The molecule has 0 aliphatic heterocycles. The van der Waals surface area contributed by atoms with Crippen molar-refractivity contribution in [2.45, 2.75) is 0 Å². The van der Waals surface area contributed by atoms with Gasteiger partial charge in [-0.2, -0.15) is 0 Å². The van der Waals surface area contributed by atoms with Gasteiger partial charge in [0.25, 0.3) is 7.21 Å². The average Bonchev–Trinajstić information content (AvgIpc) is 2.17. The van der Waals surface area contributed by atoms with Crippen molar-refractivity contribution in [2.24, 2.45) is 0 Å². The Kier molecular flexibility index (Phi) is 1.64. The molecule has 0 radical (unpaired) electrons. The Hall–Kier alpha value is -1.64. The molecule has 3 heteroatoms. The van der Waals surface area contributed by atoms with Gasteiger partial charge in [0.05, 0.1) is 0 Å². The van der Waals surface area contributed by atoms with E-state index < -0.39 is 11.8 Å². The van der Waals surface area contributed by atoms with Crippen molar-refractivity contribution in [1.29, 1.82) is 1.43 Å². The van der Waals surface area contributed by atoms with Gasteiger partial charge >= 0.3 is 5.97 Å². The maximum atomic E-state index is 11.0. The van der Waals surface area contributed by atoms with Crippen molar-refractivity contribution in [3.8, 4) is 0 Å². The van der Waals surface area contributed by atoms with Gasteiger partial charge in [-0.25, -0.2) is 4.79 Å². The lowest BCUT2D eigenvalue weighted by Gasteiger charge is -1.91. The van der Waals surface area contributed by atoms with Crippen LogP contribution < -0.4 is 0 Å². The third kappa shape index (κ3) is 1.64. The van der Waals surface area contributed by atoms with Crippen LogP contribution in [0.25, 0.3) is 1.43 Å². The van der Waals surface area contributed by atoms with Crippen LogP contribution in [-0.2, 0) is 4.79 Å². The molecule has 0 aromatic heterocycles. The number of carboxylic acid groups (broad SMARTS) is 1. The van der Waals surface area contributed by atoms with Gasteiger partial charge in [-0.1, -0.05) is 30.3 Å². The zero-order chi connectivity index (χ0) is 8.97. The fourth-order valence-electron chi connectivity index (χ4n) is 0.707. The molecule has 0 aliphatic carbocycles. The van der Waals surface area contributed by atoms with E-state index in [4.69, 9.17) is 1.43 Å². The van der Waals surface area contributed by atoms with Crippen molar-refractivity contribution in [3.63, 3.8) is 0 Å². The third-order valence-corrected chi connectivity index (χ3v) is 1.22. The Morgan fingerprint density at radius 2 is 1.91 bits per heavy atom. The molecule has 1 N–H and O–H groups in total. The SMILES string of the molecule is [2H]OC(=O)C(=O)c1ccccc1. The van der Waals surface area contributed by atoms with Gasteiger partial charge in [0, 0.05) is 5.56 Å². The number of carbonyl (C=O) groups excluding carboxylic acids is 1. The summed E-state index contributed by atoms with van der Waals surface area (Å²) < 4.78 is 6.22. The summed E-state index contributed by atoms with van der Waals surface area (Å²) in [7, 11) is 0. The van der Waals surface area contributed by atoms with Crippen molar-refractivity contribution in [1.82, 2.24) is 0 Å². The fourth-order valence-corrected chi connectivity index (χ4v) is 0.707. The number of Topliss-reactive ketones (excluding diaryl/α,β-unsaturated/α-hetero) is 1. The molecule has 0 amide bonds. The van der Waals surface area contributed by atoms with Crippen molar-refractivity contribution < 1.29 is 14.7 Å². The molecule has 0 heterocycles. The van der Waals surface area contributed by atoms with E-state index in [2.05, 4.69) is 5.11 Å². The summed E-state index contributed by atoms with van der Waals surface area (Å²) in [5, 5.41) is 3.53. The second kappa shape index (κ2) is 2.96. The van der Waals surface area contributed by atoms with Crippen LogP contribution in [0.5, 0.6) is 0 Å². The lowest BCUT2D eigenvalue weighted by atomic mass is 10.1. The Bertz CT molecular complexity index is 294. The summed E-state index contributed by atoms with van der Waals surface area (Å²) in [4.78, 5) is 21.5. The number of hydrogen-bond acceptors (Lipinski definition) is 3. The van der Waals surface area contributed by atoms with Gasteiger partial charge in [-0.15, -0.1) is 0 Å². The molecule has 1 aromatic carbocycles. The maximum Gasteiger partial charge on any atom is 0.377 e. The van der Waals surface area contributed by atoms with Crippen LogP contribution in [0.4, 0.5) is 0 Å². The minimum atomic E-state index is -1.17. The molecular formula is C8H6O3. The van der Waals surface area contributed by atoms with Crippen LogP contribution in [-0.4, -0.2) is 16.9 Å². The summed E-state index contributed by atoms with van der Waals surface area (Å²) in [6.07, 6.45) is 0. The summed E-state index contributed by atoms with van der Waals surface area (Å²) in [6.45, 7) is 0. The second-order valence-corrected chi connectivity index (χ2v) is 1.98. The van der Waals surface area contributed by atoms with E-state index in [9.17, 15) is 9.59 Å². The molecule has 1 aromatic rings. The van der Waals surface area contributed by atoms with E-state index in [0.717, 1.165) is 0 Å². The minimum Gasteiger partial charge on any atom is -0.475 e. The molecule has 56 valence electrons. The molecule has 11 heavy (non-hydrogen) atoms. The van der Waals surface area contributed by atoms with E-state index in [1.165, 1.54) is 12.1 Å². The zero-order valence-corrected chi connectivity index (χ0v) is 5.61. The van der Waals surface area contributed by atoms with Crippen LogP contribution in [0.2, 0.25) is 0 Å². The summed E-state index contributed by atoms with van der Waals surface area (Å²) in [6, 6.07) is 7.95. The maximum absolute atomic E-state index is 11.0. The van der Waals surface area contributed by atoms with E-state index >= 15 is 0 Å². The number of carboxylic acids is 1. The van der Waals surface area contributed by atoms with Gasteiger partial charge < -0.3 is 5.11 Å². The highest BCUT2D eigenvalue weighted by atomic mass is 16.4. The van der Waals surface area contributed by atoms with Crippen LogP contribution in [0.15, 0.2) is 30.3 Å².